The van der Waals surface area contributed by atoms with E-state index in [1.54, 1.807) is 54.9 Å². The van der Waals surface area contributed by atoms with Crippen LogP contribution in [0.5, 0.6) is 11.5 Å². The zero-order chi connectivity index (χ0) is 28.9. The van der Waals surface area contributed by atoms with Crippen LogP contribution < -0.4 is 30.8 Å². The molecule has 4 rings (SSSR count). The summed E-state index contributed by atoms with van der Waals surface area (Å²) in [4.78, 5) is 17.8. The Kier molecular flexibility index (Phi) is 8.88. The van der Waals surface area contributed by atoms with E-state index in [-0.39, 0.29) is 17.5 Å². The molecule has 0 saturated carbocycles. The second-order valence-electron chi connectivity index (χ2n) is 9.34. The van der Waals surface area contributed by atoms with Crippen molar-refractivity contribution in [2.75, 3.05) is 11.6 Å². The summed E-state index contributed by atoms with van der Waals surface area (Å²) in [5, 5.41) is 2.97. The topological polar surface area (TPSA) is 150 Å². The first kappa shape index (κ1) is 28.8. The lowest BCUT2D eigenvalue weighted by atomic mass is 10.0. The number of fused-ring (bicyclic) bond motifs is 1. The van der Waals surface area contributed by atoms with Crippen molar-refractivity contribution in [2.24, 2.45) is 11.6 Å². The highest BCUT2D eigenvalue weighted by Crippen LogP contribution is 2.35. The van der Waals surface area contributed by atoms with Crippen LogP contribution in [0, 0.1) is 0 Å². The molecule has 5 N–H and O–H groups in total. The van der Waals surface area contributed by atoms with Gasteiger partial charge < -0.3 is 15.2 Å². The van der Waals surface area contributed by atoms with Crippen LogP contribution >= 0.6 is 0 Å². The van der Waals surface area contributed by atoms with Gasteiger partial charge in [0.25, 0.3) is 15.9 Å². The lowest BCUT2D eigenvalue weighted by molar-refractivity contribution is -0.120. The summed E-state index contributed by atoms with van der Waals surface area (Å²) in [5.41, 5.74) is 7.18. The maximum absolute atomic E-state index is 13.8. The van der Waals surface area contributed by atoms with E-state index in [4.69, 9.17) is 21.1 Å². The molecule has 210 valence electrons. The third kappa shape index (κ3) is 6.50. The highest BCUT2D eigenvalue weighted by Gasteiger charge is 2.31. The molecule has 0 aliphatic heterocycles. The van der Waals surface area contributed by atoms with Gasteiger partial charge in [0.05, 0.1) is 23.3 Å². The third-order valence-corrected chi connectivity index (χ3v) is 7.42. The minimum Gasteiger partial charge on any atom is -0.490 e. The van der Waals surface area contributed by atoms with Crippen molar-refractivity contribution < 1.29 is 22.7 Å². The van der Waals surface area contributed by atoms with Gasteiger partial charge in [0.15, 0.2) is 11.5 Å². The molecule has 0 saturated heterocycles. The van der Waals surface area contributed by atoms with E-state index in [2.05, 4.69) is 9.71 Å². The first-order valence-electron chi connectivity index (χ1n) is 12.8. The molecule has 1 aromatic heterocycles. The van der Waals surface area contributed by atoms with Gasteiger partial charge in [-0.1, -0.05) is 24.3 Å². The molecule has 1 heterocycles. The summed E-state index contributed by atoms with van der Waals surface area (Å²) >= 11 is 0. The number of nitrogens with two attached hydrogens (primary N) is 2. The molecule has 40 heavy (non-hydrogen) atoms. The molecule has 0 aliphatic rings. The molecular weight excluding hydrogens is 530 g/mol. The molecule has 4 aromatic rings. The predicted octanol–water partition coefficient (Wildman–Crippen LogP) is 3.81. The number of carbonyl (C=O) groups excluding carboxylic acids is 1. The van der Waals surface area contributed by atoms with Gasteiger partial charge in [0, 0.05) is 24.3 Å². The van der Waals surface area contributed by atoms with Gasteiger partial charge in [-0.2, -0.15) is 0 Å². The van der Waals surface area contributed by atoms with Crippen molar-refractivity contribution in [3.8, 4) is 11.5 Å². The fraction of sp³-hybridized carbons (Fsp3) is 0.241. The number of carbonyl (C=O) groups is 1. The minimum absolute atomic E-state index is 0.0833. The van der Waals surface area contributed by atoms with Crippen LogP contribution in [0.1, 0.15) is 37.9 Å². The summed E-state index contributed by atoms with van der Waals surface area (Å²) in [7, 11) is -4.24. The summed E-state index contributed by atoms with van der Waals surface area (Å²) in [6.45, 7) is 6.12. The van der Waals surface area contributed by atoms with Crippen molar-refractivity contribution in [3.63, 3.8) is 0 Å². The molecule has 3 aromatic carbocycles. The van der Waals surface area contributed by atoms with Gasteiger partial charge in [0.1, 0.15) is 6.04 Å². The van der Waals surface area contributed by atoms with Crippen LogP contribution in [-0.4, -0.2) is 32.0 Å². The van der Waals surface area contributed by atoms with Crippen LogP contribution in [0.15, 0.2) is 84.0 Å². The average molecular weight is 564 g/mol. The van der Waals surface area contributed by atoms with Gasteiger partial charge in [-0.25, -0.2) is 19.0 Å². The summed E-state index contributed by atoms with van der Waals surface area (Å²) < 4.78 is 40.3. The fourth-order valence-corrected chi connectivity index (χ4v) is 5.28. The van der Waals surface area contributed by atoms with Crippen molar-refractivity contribution in [1.82, 2.24) is 9.71 Å². The maximum atomic E-state index is 13.8. The van der Waals surface area contributed by atoms with Gasteiger partial charge in [0.2, 0.25) is 0 Å². The van der Waals surface area contributed by atoms with Crippen LogP contribution in [-0.2, 0) is 21.4 Å². The van der Waals surface area contributed by atoms with E-state index in [9.17, 15) is 13.2 Å². The lowest BCUT2D eigenvalue weighted by Gasteiger charge is -2.29. The number of rotatable bonds is 11. The number of pyridine rings is 1. The first-order chi connectivity index (χ1) is 19.1. The van der Waals surface area contributed by atoms with Crippen LogP contribution in [0.25, 0.3) is 10.8 Å². The monoisotopic (exact) mass is 563 g/mol. The van der Waals surface area contributed by atoms with Crippen molar-refractivity contribution in [1.29, 1.82) is 0 Å². The maximum Gasteiger partial charge on any atom is 0.264 e. The number of nitrogens with one attached hydrogen (secondary N) is 1. The number of anilines is 1. The summed E-state index contributed by atoms with van der Waals surface area (Å²) in [6.07, 6.45) is 3.26. The van der Waals surface area contributed by atoms with E-state index in [1.165, 1.54) is 17.1 Å². The van der Waals surface area contributed by atoms with Crippen molar-refractivity contribution >= 4 is 32.4 Å². The molecule has 1 amide bonds. The smallest absolute Gasteiger partial charge is 0.264 e. The number of hydrogen-bond donors (Lipinski definition) is 3. The Morgan fingerprint density at radius 3 is 2.55 bits per heavy atom. The first-order valence-corrected chi connectivity index (χ1v) is 14.3. The van der Waals surface area contributed by atoms with E-state index >= 15 is 0 Å². The quantitative estimate of drug-likeness (QED) is 0.183. The van der Waals surface area contributed by atoms with Crippen LogP contribution in [0.3, 0.4) is 0 Å². The lowest BCUT2D eigenvalue weighted by Crippen LogP contribution is -2.46. The number of hydrogen-bond acceptors (Lipinski definition) is 9. The highest BCUT2D eigenvalue weighted by atomic mass is 32.2. The minimum atomic E-state index is -4.24. The predicted molar refractivity (Wildman–Crippen MR) is 154 cm³/mol. The van der Waals surface area contributed by atoms with Crippen LogP contribution in [0.2, 0.25) is 0 Å². The van der Waals surface area contributed by atoms with Crippen molar-refractivity contribution in [3.05, 3.63) is 90.3 Å². The van der Waals surface area contributed by atoms with E-state index in [1.807, 2.05) is 32.9 Å². The molecule has 10 nitrogen and oxygen atoms in total. The Morgan fingerprint density at radius 2 is 1.82 bits per heavy atom. The molecule has 0 fully saturated rings. The van der Waals surface area contributed by atoms with E-state index in [0.29, 0.717) is 34.9 Å². The molecule has 0 aliphatic carbocycles. The zero-order valence-corrected chi connectivity index (χ0v) is 23.4. The number of ether oxygens (including phenoxy) is 2. The third-order valence-electron chi connectivity index (χ3n) is 6.07. The van der Waals surface area contributed by atoms with Gasteiger partial charge in [-0.15, -0.1) is 0 Å². The number of benzene rings is 3. The van der Waals surface area contributed by atoms with Crippen LogP contribution in [0.4, 0.5) is 5.69 Å². The van der Waals surface area contributed by atoms with E-state index in [0.717, 1.165) is 10.8 Å². The zero-order valence-electron chi connectivity index (χ0n) is 22.6. The number of amides is 1. The fourth-order valence-electron chi connectivity index (χ4n) is 4.22. The van der Waals surface area contributed by atoms with Crippen molar-refractivity contribution in [2.45, 2.75) is 44.4 Å². The molecule has 0 spiro atoms. The molecule has 11 heteroatoms. The summed E-state index contributed by atoms with van der Waals surface area (Å²) in [6, 6.07) is 17.0. The molecule has 1 atom stereocenters. The number of sulfonamides is 1. The second kappa shape index (κ2) is 12.3. The van der Waals surface area contributed by atoms with E-state index < -0.39 is 22.0 Å². The number of aromatic nitrogens is 1. The highest BCUT2D eigenvalue weighted by molar-refractivity contribution is 7.90. The molecule has 0 bridgehead atoms. The van der Waals surface area contributed by atoms with Gasteiger partial charge >= 0.3 is 0 Å². The Labute approximate surface area is 233 Å². The normalized spacial score (nSPS) is 12.2. The molecule has 0 radical (unpaired) electrons. The second-order valence-corrected chi connectivity index (χ2v) is 11.0. The van der Waals surface area contributed by atoms with Gasteiger partial charge in [-0.3, -0.25) is 14.8 Å². The number of nitrogens with zero attached hydrogens (tertiary/aromatic N) is 2. The Morgan fingerprint density at radius 1 is 1.02 bits per heavy atom. The molecular formula is C29H33N5O5S. The largest absolute Gasteiger partial charge is 0.490 e. The Bertz CT molecular complexity index is 1610. The Hall–Kier alpha value is -4.19. The summed E-state index contributed by atoms with van der Waals surface area (Å²) in [5.74, 6) is 6.63. The average Bonchev–Trinajstić information content (AvgIpc) is 2.93. The standard InChI is InChI=1S/C29H33N5O5S/c1-4-38-27-16-22(9-11-26(27)39-19(2)3)28(34(31)24-10-8-23-18-32-13-12-21(23)15-24)29(35)33-40(36,37)25-7-5-6-20(14-25)17-30/h5-16,18-19,28H,4,17,30-31H2,1-3H3,(H,33,35). The Balaban J connectivity index is 1.78. The van der Waals surface area contributed by atoms with Gasteiger partial charge in [-0.05, 0) is 79.7 Å². The number of hydrazine groups is 1. The SMILES string of the molecule is CCOc1cc(C(C(=O)NS(=O)(=O)c2cccc(CN)c2)N(N)c2ccc3cnccc3c2)ccc1OC(C)C. The molecule has 1 unspecified atom stereocenters.